The quantitative estimate of drug-likeness (QED) is 0.153. The molecule has 64 heavy (non-hydrogen) atoms. The molecule has 4 N–H and O–H groups in total. The zero-order valence-electron chi connectivity index (χ0n) is 39.6. The Kier molecular flexibility index (Phi) is 20.3. The summed E-state index contributed by atoms with van der Waals surface area (Å²) in [4.78, 5) is 71.4. The molecule has 360 valence electrons. The third kappa shape index (κ3) is 13.8. The molecule has 0 aromatic carbocycles. The summed E-state index contributed by atoms with van der Waals surface area (Å²) < 4.78 is 23.3. The van der Waals surface area contributed by atoms with Gasteiger partial charge in [-0.1, -0.05) is 71.1 Å². The Bertz CT molecular complexity index is 1740. The fourth-order valence-electron chi connectivity index (χ4n) is 9.85. The number of aliphatic hydroxyl groups excluding tert-OH is 3. The SMILES string of the molecule is CO[C@@H]1C[C@H](C[C@@H](C)[C@@H]2CC(=O)[C@H](C)/C=C(\C)[C@@H](O)[C@@H](OC)C(=O)[C@H](C)C[C@H](C)/C=C/C=C/C=C(\C)[C@@H](O)C[C@@H]3CC[C@@H](C)[C@@](O)(O3)C(=O)C(=O)N3CCCCC3C(=O)O2)CC[C@H]1O. The van der Waals surface area contributed by atoms with E-state index in [-0.39, 0.29) is 61.2 Å². The van der Waals surface area contributed by atoms with Gasteiger partial charge in [-0.2, -0.15) is 0 Å². The molecule has 4 rings (SSSR count). The number of carbonyl (C=O) groups excluding carboxylic acids is 5. The molecule has 4 aliphatic rings. The summed E-state index contributed by atoms with van der Waals surface area (Å²) in [6.07, 6.45) is 9.53. The van der Waals surface area contributed by atoms with E-state index in [9.17, 15) is 44.4 Å². The maximum atomic E-state index is 14.3. The Hall–Kier alpha value is -3.37. The minimum absolute atomic E-state index is 0.00489. The van der Waals surface area contributed by atoms with Crippen LogP contribution in [-0.2, 0) is 42.9 Å². The number of nitrogens with zero attached hydrogens (tertiary/aromatic N) is 1. The van der Waals surface area contributed by atoms with Crippen molar-refractivity contribution in [3.05, 3.63) is 47.6 Å². The molecular formula is C50H77NO13. The third-order valence-corrected chi connectivity index (χ3v) is 14.2. The van der Waals surface area contributed by atoms with E-state index in [0.717, 1.165) is 4.90 Å². The average molecular weight is 900 g/mol. The number of hydrogen-bond acceptors (Lipinski definition) is 13. The average Bonchev–Trinajstić information content (AvgIpc) is 3.26. The highest BCUT2D eigenvalue weighted by Crippen LogP contribution is 2.37. The highest BCUT2D eigenvalue weighted by atomic mass is 16.6. The standard InChI is InChI=1S/C50H77NO13/c1-29-15-11-10-12-16-30(2)40(53)27-37-20-18-35(7)50(60,64-37)47(57)48(58)51-22-14-13-17-38(51)49(59)63-42(32(4)25-36-19-21-39(52)43(26-36)61-8)28-41(54)31(3)24-34(6)45(56)46(62-9)44(55)33(5)23-29/h10-12,15-16,24,29,31-33,35-40,42-43,45-46,52-53,56,60H,13-14,17-23,25-28H2,1-9H3/b12-10+,15-11+,30-16+,34-24+/t29-,31-,32-,33-,35-,36+,37+,38?,39-,40+,42+,43-,45-,46+,50-/m1/s1. The van der Waals surface area contributed by atoms with Crippen LogP contribution in [0.25, 0.3) is 0 Å². The van der Waals surface area contributed by atoms with Gasteiger partial charge in [0.25, 0.3) is 11.7 Å². The molecule has 1 amide bonds. The van der Waals surface area contributed by atoms with Gasteiger partial charge in [-0.25, -0.2) is 4.79 Å². The lowest BCUT2D eigenvalue weighted by atomic mass is 9.78. The molecule has 0 aromatic heterocycles. The highest BCUT2D eigenvalue weighted by Gasteiger charge is 2.53. The Labute approximate surface area is 380 Å². The van der Waals surface area contributed by atoms with Crippen LogP contribution in [0.4, 0.5) is 0 Å². The number of rotatable bonds is 5. The minimum Gasteiger partial charge on any atom is -0.460 e. The normalized spacial score (nSPS) is 40.9. The van der Waals surface area contributed by atoms with Crippen LogP contribution >= 0.6 is 0 Å². The topological polar surface area (TPSA) is 206 Å². The molecule has 0 spiro atoms. The summed E-state index contributed by atoms with van der Waals surface area (Å²) in [5, 5.41) is 44.8. The molecule has 0 radical (unpaired) electrons. The number of Topliss-reactive ketones (excluding diaryl/α,β-unsaturated/α-hetero) is 3. The summed E-state index contributed by atoms with van der Waals surface area (Å²) in [6.45, 7) is 12.5. The number of hydrogen-bond donors (Lipinski definition) is 4. The Morgan fingerprint density at radius 1 is 0.859 bits per heavy atom. The number of allylic oxidation sites excluding steroid dienone is 6. The van der Waals surface area contributed by atoms with Crippen molar-refractivity contribution in [2.24, 2.45) is 35.5 Å². The van der Waals surface area contributed by atoms with Gasteiger partial charge in [0.1, 0.15) is 30.1 Å². The summed E-state index contributed by atoms with van der Waals surface area (Å²) in [7, 11) is 2.93. The largest absolute Gasteiger partial charge is 0.460 e. The molecule has 3 heterocycles. The maximum Gasteiger partial charge on any atom is 0.329 e. The van der Waals surface area contributed by atoms with Crippen LogP contribution in [-0.4, -0.2) is 130 Å². The Balaban J connectivity index is 1.69. The summed E-state index contributed by atoms with van der Waals surface area (Å²) >= 11 is 0. The second-order valence-corrected chi connectivity index (χ2v) is 19.4. The fraction of sp³-hybridized carbons (Fsp3) is 0.740. The van der Waals surface area contributed by atoms with E-state index in [4.69, 9.17) is 18.9 Å². The van der Waals surface area contributed by atoms with Gasteiger partial charge in [0.05, 0.1) is 24.4 Å². The number of carbonyl (C=O) groups is 5. The first-order valence-electron chi connectivity index (χ1n) is 23.5. The van der Waals surface area contributed by atoms with Crippen molar-refractivity contribution in [3.8, 4) is 0 Å². The lowest BCUT2D eigenvalue weighted by molar-refractivity contribution is -0.265. The lowest BCUT2D eigenvalue weighted by Gasteiger charge is -2.42. The number of esters is 1. The molecule has 14 nitrogen and oxygen atoms in total. The Morgan fingerprint density at radius 3 is 2.27 bits per heavy atom. The fourth-order valence-corrected chi connectivity index (χ4v) is 9.85. The highest BCUT2D eigenvalue weighted by molar-refractivity contribution is 6.39. The van der Waals surface area contributed by atoms with E-state index < -0.39 is 83.9 Å². The van der Waals surface area contributed by atoms with E-state index in [1.165, 1.54) is 7.11 Å². The van der Waals surface area contributed by atoms with Gasteiger partial charge >= 0.3 is 5.97 Å². The van der Waals surface area contributed by atoms with Crippen LogP contribution in [0.5, 0.6) is 0 Å². The molecule has 3 fully saturated rings. The molecule has 2 saturated heterocycles. The van der Waals surface area contributed by atoms with E-state index >= 15 is 0 Å². The predicted octanol–water partition coefficient (Wildman–Crippen LogP) is 5.53. The van der Waals surface area contributed by atoms with Crippen LogP contribution in [0.3, 0.4) is 0 Å². The summed E-state index contributed by atoms with van der Waals surface area (Å²) in [5.74, 6) is -8.24. The summed E-state index contributed by atoms with van der Waals surface area (Å²) in [5.41, 5.74) is 1.000. The van der Waals surface area contributed by atoms with Crippen LogP contribution in [0.2, 0.25) is 0 Å². The van der Waals surface area contributed by atoms with E-state index in [1.54, 1.807) is 60.0 Å². The summed E-state index contributed by atoms with van der Waals surface area (Å²) in [6, 6.07) is -1.16. The second-order valence-electron chi connectivity index (χ2n) is 19.4. The maximum absolute atomic E-state index is 14.3. The van der Waals surface area contributed by atoms with Gasteiger partial charge in [-0.15, -0.1) is 0 Å². The van der Waals surface area contributed by atoms with Gasteiger partial charge in [-0.05, 0) is 107 Å². The van der Waals surface area contributed by atoms with Crippen molar-refractivity contribution in [1.82, 2.24) is 4.90 Å². The number of aliphatic hydroxyl groups is 4. The van der Waals surface area contributed by atoms with Crippen LogP contribution in [0, 0.1) is 35.5 Å². The number of cyclic esters (lactones) is 1. The minimum atomic E-state index is -2.48. The third-order valence-electron chi connectivity index (χ3n) is 14.2. The molecule has 2 bridgehead atoms. The molecule has 1 saturated carbocycles. The van der Waals surface area contributed by atoms with Crippen molar-refractivity contribution < 1.29 is 63.3 Å². The van der Waals surface area contributed by atoms with Crippen LogP contribution in [0.1, 0.15) is 126 Å². The van der Waals surface area contributed by atoms with Gasteiger partial charge in [-0.3, -0.25) is 19.2 Å². The van der Waals surface area contributed by atoms with Crippen molar-refractivity contribution in [2.45, 2.75) is 180 Å². The van der Waals surface area contributed by atoms with E-state index in [1.807, 2.05) is 32.1 Å². The first-order valence-corrected chi connectivity index (χ1v) is 23.5. The second kappa shape index (κ2) is 24.4. The monoisotopic (exact) mass is 900 g/mol. The van der Waals surface area contributed by atoms with Crippen molar-refractivity contribution in [3.63, 3.8) is 0 Å². The zero-order valence-corrected chi connectivity index (χ0v) is 39.6. The first kappa shape index (κ1) is 53.2. The van der Waals surface area contributed by atoms with E-state index in [0.29, 0.717) is 68.9 Å². The number of fused-ring (bicyclic) bond motifs is 3. The van der Waals surface area contributed by atoms with Gasteiger partial charge in [0, 0.05) is 51.4 Å². The molecule has 1 unspecified atom stereocenters. The van der Waals surface area contributed by atoms with Gasteiger partial charge in [0.2, 0.25) is 5.79 Å². The lowest BCUT2D eigenvalue weighted by Crippen LogP contribution is -2.61. The smallest absolute Gasteiger partial charge is 0.329 e. The number of methoxy groups -OCH3 is 2. The number of piperidine rings is 1. The van der Waals surface area contributed by atoms with Crippen LogP contribution in [0.15, 0.2) is 47.6 Å². The van der Waals surface area contributed by atoms with Crippen molar-refractivity contribution >= 4 is 29.2 Å². The van der Waals surface area contributed by atoms with Crippen LogP contribution < -0.4 is 0 Å². The number of ketones is 3. The zero-order chi connectivity index (χ0) is 47.5. The molecule has 14 heteroatoms. The predicted molar refractivity (Wildman–Crippen MR) is 240 cm³/mol. The molecular weight excluding hydrogens is 823 g/mol. The van der Waals surface area contributed by atoms with Gasteiger partial charge in [0.15, 0.2) is 5.78 Å². The molecule has 3 aliphatic heterocycles. The molecule has 0 aromatic rings. The molecule has 15 atom stereocenters. The van der Waals surface area contributed by atoms with E-state index in [2.05, 4.69) is 0 Å². The first-order chi connectivity index (χ1) is 30.2. The number of amides is 1. The van der Waals surface area contributed by atoms with Gasteiger partial charge < -0.3 is 44.3 Å². The number of ether oxygens (including phenoxy) is 4. The van der Waals surface area contributed by atoms with Crippen molar-refractivity contribution in [2.75, 3.05) is 20.8 Å². The van der Waals surface area contributed by atoms with Crippen molar-refractivity contribution in [1.29, 1.82) is 0 Å². The Morgan fingerprint density at radius 2 is 1.58 bits per heavy atom. The molecule has 1 aliphatic carbocycles.